The lowest BCUT2D eigenvalue weighted by molar-refractivity contribution is -0.124. The summed E-state index contributed by atoms with van der Waals surface area (Å²) in [7, 11) is -1.60. The summed E-state index contributed by atoms with van der Waals surface area (Å²) in [6.07, 6.45) is 11.2. The minimum absolute atomic E-state index is 0.0518. The first-order valence-electron chi connectivity index (χ1n) is 18.2. The van der Waals surface area contributed by atoms with Crippen molar-refractivity contribution in [1.82, 2.24) is 0 Å². The van der Waals surface area contributed by atoms with Crippen molar-refractivity contribution in [3.8, 4) is 17.2 Å². The fourth-order valence-corrected chi connectivity index (χ4v) is 9.97. The number of carbonyl (C=O) groups is 1. The van der Waals surface area contributed by atoms with Crippen molar-refractivity contribution < 1.29 is 14.0 Å². The van der Waals surface area contributed by atoms with Gasteiger partial charge in [-0.3, -0.25) is 4.79 Å². The molecule has 0 spiro atoms. The number of benzene rings is 2. The summed E-state index contributed by atoms with van der Waals surface area (Å²) in [5.74, 6) is 4.80. The third-order valence-corrected chi connectivity index (χ3v) is 17.6. The highest BCUT2D eigenvalue weighted by Crippen LogP contribution is 2.58. The van der Waals surface area contributed by atoms with Crippen LogP contribution in [0.1, 0.15) is 102 Å². The SMILES string of the molecule is COc1ccc(C23CCC(CN(C(=O)C4CCC(O[Si](C)(C)C(C)(C)C)CC4)c4cccc(C#C[Si](C)(C)C)c4)(CC2)CC3)cc1C. The number of nitrogens with zero attached hydrogens (tertiary/aromatic N) is 1. The molecule has 6 rings (SSSR count). The van der Waals surface area contributed by atoms with Gasteiger partial charge in [0.25, 0.3) is 0 Å². The minimum Gasteiger partial charge on any atom is -0.496 e. The summed E-state index contributed by atoms with van der Waals surface area (Å²) in [5.41, 5.74) is 8.70. The second kappa shape index (κ2) is 13.5. The summed E-state index contributed by atoms with van der Waals surface area (Å²) in [6, 6.07) is 15.4. The van der Waals surface area contributed by atoms with Crippen LogP contribution in [0, 0.1) is 29.7 Å². The van der Waals surface area contributed by atoms with E-state index in [1.165, 1.54) is 49.7 Å². The van der Waals surface area contributed by atoms with Gasteiger partial charge in [0.05, 0.1) is 7.11 Å². The molecule has 2 aromatic rings. The predicted octanol–water partition coefficient (Wildman–Crippen LogP) is 10.4. The summed E-state index contributed by atoms with van der Waals surface area (Å²) >= 11 is 0. The summed E-state index contributed by atoms with van der Waals surface area (Å²) in [5, 5.41) is 0.197. The van der Waals surface area contributed by atoms with Crippen molar-refractivity contribution in [2.45, 2.75) is 141 Å². The Labute approximate surface area is 288 Å². The van der Waals surface area contributed by atoms with Crippen LogP contribution in [0.15, 0.2) is 42.5 Å². The van der Waals surface area contributed by atoms with Crippen molar-refractivity contribution in [3.05, 3.63) is 59.2 Å². The molecule has 0 unspecified atom stereocenters. The molecule has 4 saturated carbocycles. The summed E-state index contributed by atoms with van der Waals surface area (Å²) < 4.78 is 12.4. The van der Waals surface area contributed by atoms with Crippen LogP contribution in [0.2, 0.25) is 37.8 Å². The van der Waals surface area contributed by atoms with Gasteiger partial charge in [-0.25, -0.2) is 0 Å². The smallest absolute Gasteiger partial charge is 0.230 e. The quantitative estimate of drug-likeness (QED) is 0.207. The van der Waals surface area contributed by atoms with Gasteiger partial charge in [0.15, 0.2) is 8.32 Å². The summed E-state index contributed by atoms with van der Waals surface area (Å²) in [6.45, 7) is 21.5. The van der Waals surface area contributed by atoms with E-state index in [1.807, 2.05) is 0 Å². The molecule has 2 aromatic carbocycles. The number of methoxy groups -OCH3 is 1. The highest BCUT2D eigenvalue weighted by molar-refractivity contribution is 6.83. The zero-order valence-electron chi connectivity index (χ0n) is 31.1. The van der Waals surface area contributed by atoms with Gasteiger partial charge in [0.1, 0.15) is 13.8 Å². The molecule has 0 saturated heterocycles. The van der Waals surface area contributed by atoms with E-state index < -0.39 is 16.4 Å². The fraction of sp³-hybridized carbons (Fsp3) is 0.634. The van der Waals surface area contributed by atoms with E-state index in [1.54, 1.807) is 7.11 Å². The molecule has 47 heavy (non-hydrogen) atoms. The Kier molecular flexibility index (Phi) is 10.3. The molecule has 4 fully saturated rings. The van der Waals surface area contributed by atoms with Crippen LogP contribution >= 0.6 is 0 Å². The Morgan fingerprint density at radius 2 is 1.55 bits per heavy atom. The molecule has 0 N–H and O–H groups in total. The molecular formula is C41H61NO3Si2. The van der Waals surface area contributed by atoms with E-state index >= 15 is 0 Å². The maximum absolute atomic E-state index is 14.7. The monoisotopic (exact) mass is 671 g/mol. The third kappa shape index (κ3) is 8.11. The number of aryl methyl sites for hydroxylation is 1. The topological polar surface area (TPSA) is 38.8 Å². The van der Waals surface area contributed by atoms with E-state index in [0.717, 1.165) is 49.2 Å². The van der Waals surface area contributed by atoms with E-state index in [0.29, 0.717) is 5.91 Å². The minimum atomic E-state index is -1.83. The van der Waals surface area contributed by atoms with Crippen molar-refractivity contribution in [2.75, 3.05) is 18.6 Å². The lowest BCUT2D eigenvalue weighted by Crippen LogP contribution is -2.52. The maximum atomic E-state index is 14.7. The first-order valence-corrected chi connectivity index (χ1v) is 24.6. The zero-order chi connectivity index (χ0) is 34.3. The normalized spacial score (nSPS) is 26.3. The molecule has 4 nitrogen and oxygen atoms in total. The van der Waals surface area contributed by atoms with E-state index in [2.05, 4.69) is 119 Å². The Morgan fingerprint density at radius 3 is 2.11 bits per heavy atom. The number of carbonyl (C=O) groups excluding carboxylic acids is 1. The number of anilines is 1. The van der Waals surface area contributed by atoms with E-state index in [4.69, 9.17) is 9.16 Å². The van der Waals surface area contributed by atoms with Crippen LogP contribution in [0.3, 0.4) is 0 Å². The van der Waals surface area contributed by atoms with Crippen molar-refractivity contribution >= 4 is 28.0 Å². The van der Waals surface area contributed by atoms with Crippen molar-refractivity contribution in [1.29, 1.82) is 0 Å². The Balaban J connectivity index is 1.36. The molecule has 0 aromatic heterocycles. The second-order valence-corrected chi connectivity index (χ2v) is 27.3. The first kappa shape index (κ1) is 36.0. The average molecular weight is 672 g/mol. The molecule has 0 heterocycles. The van der Waals surface area contributed by atoms with Crippen LogP contribution in [0.5, 0.6) is 5.75 Å². The highest BCUT2D eigenvalue weighted by atomic mass is 28.4. The molecule has 256 valence electrons. The lowest BCUT2D eigenvalue weighted by atomic mass is 9.51. The maximum Gasteiger partial charge on any atom is 0.230 e. The zero-order valence-corrected chi connectivity index (χ0v) is 33.1. The van der Waals surface area contributed by atoms with Gasteiger partial charge >= 0.3 is 0 Å². The molecule has 0 atom stereocenters. The summed E-state index contributed by atoms with van der Waals surface area (Å²) in [4.78, 5) is 16.9. The molecule has 0 radical (unpaired) electrons. The van der Waals surface area contributed by atoms with Crippen LogP contribution in [0.4, 0.5) is 5.69 Å². The van der Waals surface area contributed by atoms with Crippen molar-refractivity contribution in [3.63, 3.8) is 0 Å². The fourth-order valence-electron chi connectivity index (χ4n) is 8.03. The van der Waals surface area contributed by atoms with Gasteiger partial charge in [0, 0.05) is 29.8 Å². The van der Waals surface area contributed by atoms with E-state index in [-0.39, 0.29) is 27.9 Å². The number of hydrogen-bond donors (Lipinski definition) is 0. The highest BCUT2D eigenvalue weighted by Gasteiger charge is 2.51. The Bertz CT molecular complexity index is 1470. The molecule has 6 heteroatoms. The molecule has 4 aliphatic rings. The first-order chi connectivity index (χ1) is 21.9. The van der Waals surface area contributed by atoms with Crippen LogP contribution in [0.25, 0.3) is 0 Å². The Hall–Kier alpha value is -2.34. The van der Waals surface area contributed by atoms with Crippen LogP contribution < -0.4 is 9.64 Å². The number of amides is 1. The van der Waals surface area contributed by atoms with Gasteiger partial charge in [-0.2, -0.15) is 0 Å². The average Bonchev–Trinajstić information content (AvgIpc) is 3.03. The molecular weight excluding hydrogens is 611 g/mol. The number of fused-ring (bicyclic) bond motifs is 3. The van der Waals surface area contributed by atoms with Gasteiger partial charge < -0.3 is 14.1 Å². The van der Waals surface area contributed by atoms with Gasteiger partial charge in [-0.15, -0.1) is 5.54 Å². The van der Waals surface area contributed by atoms with Gasteiger partial charge in [0.2, 0.25) is 5.91 Å². The number of ether oxygens (including phenoxy) is 1. The number of rotatable bonds is 8. The Morgan fingerprint density at radius 1 is 0.915 bits per heavy atom. The van der Waals surface area contributed by atoms with Crippen LogP contribution in [-0.2, 0) is 14.6 Å². The second-order valence-electron chi connectivity index (χ2n) is 17.8. The van der Waals surface area contributed by atoms with Gasteiger partial charge in [-0.05, 0) is 135 Å². The van der Waals surface area contributed by atoms with Crippen LogP contribution in [-0.4, -0.2) is 42.1 Å². The lowest BCUT2D eigenvalue weighted by Gasteiger charge is -2.55. The third-order valence-electron chi connectivity index (χ3n) is 12.2. The predicted molar refractivity (Wildman–Crippen MR) is 203 cm³/mol. The molecule has 1 amide bonds. The van der Waals surface area contributed by atoms with Crippen molar-refractivity contribution in [2.24, 2.45) is 11.3 Å². The standard InChI is InChI=1S/C41H61NO3Si2/c1-31-28-34(16-19-37(31)44-5)41-24-21-40(22-25-41,23-26-41)30-42(35-13-11-12-32(29-35)20-27-46(6,7)8)38(43)33-14-17-36(18-15-33)45-47(9,10)39(2,3)4/h11-13,16,19,28-29,33,36H,14-15,17-18,21-26,30H2,1-10H3. The van der Waals surface area contributed by atoms with Gasteiger partial charge in [-0.1, -0.05) is 64.5 Å². The molecule has 4 aliphatic carbocycles. The van der Waals surface area contributed by atoms with E-state index in [9.17, 15) is 4.79 Å². The molecule has 0 aliphatic heterocycles. The largest absolute Gasteiger partial charge is 0.496 e. The molecule has 2 bridgehead atoms. The number of hydrogen-bond acceptors (Lipinski definition) is 3.